The van der Waals surface area contributed by atoms with Crippen molar-refractivity contribution in [1.29, 1.82) is 0 Å². The van der Waals surface area contributed by atoms with Gasteiger partial charge in [-0.05, 0) is 44.0 Å². The fourth-order valence-corrected chi connectivity index (χ4v) is 3.39. The maximum absolute atomic E-state index is 12.6. The molecule has 3 rings (SSSR count). The molecule has 2 heterocycles. The zero-order valence-electron chi connectivity index (χ0n) is 12.3. The molecule has 0 spiro atoms. The second-order valence-electron chi connectivity index (χ2n) is 5.76. The predicted octanol–water partition coefficient (Wildman–Crippen LogP) is 2.38. The molecule has 0 saturated carbocycles. The summed E-state index contributed by atoms with van der Waals surface area (Å²) in [6, 6.07) is 5.74. The second-order valence-corrected chi connectivity index (χ2v) is 6.16. The highest BCUT2D eigenvalue weighted by Gasteiger charge is 2.20. The van der Waals surface area contributed by atoms with Crippen molar-refractivity contribution in [3.8, 4) is 0 Å². The number of benzene rings is 1. The monoisotopic (exact) mass is 307 g/mol. The highest BCUT2D eigenvalue weighted by molar-refractivity contribution is 6.33. The Morgan fingerprint density at radius 1 is 1.05 bits per heavy atom. The van der Waals surface area contributed by atoms with E-state index in [1.165, 1.54) is 12.8 Å². The lowest BCUT2D eigenvalue weighted by atomic mass is 10.1. The fraction of sp³-hybridized carbons (Fsp3) is 0.562. The van der Waals surface area contributed by atoms with Crippen LogP contribution in [0, 0.1) is 0 Å². The molecule has 1 N–H and O–H groups in total. The van der Waals surface area contributed by atoms with Crippen LogP contribution in [0.3, 0.4) is 0 Å². The Kier molecular flexibility index (Phi) is 4.66. The van der Waals surface area contributed by atoms with Crippen LogP contribution in [0.4, 0.5) is 5.69 Å². The van der Waals surface area contributed by atoms with Gasteiger partial charge in [0, 0.05) is 38.3 Å². The van der Waals surface area contributed by atoms with Crippen LogP contribution in [0.1, 0.15) is 29.6 Å². The van der Waals surface area contributed by atoms with Gasteiger partial charge in [0.1, 0.15) is 0 Å². The highest BCUT2D eigenvalue weighted by atomic mass is 35.5. The fourth-order valence-electron chi connectivity index (χ4n) is 3.09. The van der Waals surface area contributed by atoms with Crippen molar-refractivity contribution in [2.75, 3.05) is 44.2 Å². The number of hydrogen-bond acceptors (Lipinski definition) is 3. The van der Waals surface area contributed by atoms with Crippen LogP contribution in [-0.2, 0) is 0 Å². The lowest BCUT2D eigenvalue weighted by molar-refractivity contribution is 0.0766. The van der Waals surface area contributed by atoms with E-state index in [0.29, 0.717) is 10.6 Å². The number of amides is 1. The first kappa shape index (κ1) is 14.7. The molecule has 2 fully saturated rings. The van der Waals surface area contributed by atoms with Crippen LogP contribution in [0.25, 0.3) is 0 Å². The normalized spacial score (nSPS) is 19.7. The molecule has 2 saturated heterocycles. The Balaban J connectivity index is 1.75. The molecule has 0 aromatic heterocycles. The van der Waals surface area contributed by atoms with E-state index in [0.717, 1.165) is 51.4 Å². The summed E-state index contributed by atoms with van der Waals surface area (Å²) in [6.45, 7) is 5.56. The molecule has 0 aliphatic carbocycles. The molecule has 0 unspecified atom stereocenters. The number of rotatable bonds is 2. The van der Waals surface area contributed by atoms with Crippen molar-refractivity contribution >= 4 is 23.2 Å². The van der Waals surface area contributed by atoms with E-state index in [1.54, 1.807) is 0 Å². The first-order chi connectivity index (χ1) is 10.3. The Hall–Kier alpha value is -1.26. The van der Waals surface area contributed by atoms with Crippen LogP contribution < -0.4 is 10.2 Å². The summed E-state index contributed by atoms with van der Waals surface area (Å²) in [5.74, 6) is 0.0913. The standard InChI is InChI=1S/C16H22ClN3O/c17-14-12-13(4-5-15(14)19-8-1-2-9-19)16(21)20-10-3-6-18-7-11-20/h4-5,12,18H,1-3,6-11H2. The van der Waals surface area contributed by atoms with Crippen LogP contribution in [0.15, 0.2) is 18.2 Å². The zero-order chi connectivity index (χ0) is 14.7. The maximum atomic E-state index is 12.6. The molecule has 21 heavy (non-hydrogen) atoms. The van der Waals surface area contributed by atoms with Crippen molar-refractivity contribution in [1.82, 2.24) is 10.2 Å². The number of carbonyl (C=O) groups excluding carboxylic acids is 1. The minimum Gasteiger partial charge on any atom is -0.370 e. The van der Waals surface area contributed by atoms with E-state index < -0.39 is 0 Å². The van der Waals surface area contributed by atoms with Crippen LogP contribution >= 0.6 is 11.6 Å². The third-order valence-corrected chi connectivity index (χ3v) is 4.57. The van der Waals surface area contributed by atoms with Crippen molar-refractivity contribution in [2.45, 2.75) is 19.3 Å². The average molecular weight is 308 g/mol. The molecule has 0 radical (unpaired) electrons. The van der Waals surface area contributed by atoms with Gasteiger partial charge < -0.3 is 15.1 Å². The zero-order valence-corrected chi connectivity index (χ0v) is 13.0. The van der Waals surface area contributed by atoms with Crippen LogP contribution in [-0.4, -0.2) is 50.1 Å². The van der Waals surface area contributed by atoms with E-state index >= 15 is 0 Å². The van der Waals surface area contributed by atoms with Gasteiger partial charge >= 0.3 is 0 Å². The van der Waals surface area contributed by atoms with Crippen molar-refractivity contribution in [3.05, 3.63) is 28.8 Å². The van der Waals surface area contributed by atoms with Gasteiger partial charge in [-0.15, -0.1) is 0 Å². The lowest BCUT2D eigenvalue weighted by Crippen LogP contribution is -2.34. The van der Waals surface area contributed by atoms with Crippen molar-refractivity contribution in [2.24, 2.45) is 0 Å². The van der Waals surface area contributed by atoms with Gasteiger partial charge in [0.15, 0.2) is 0 Å². The molecular weight excluding hydrogens is 286 g/mol. The summed E-state index contributed by atoms with van der Waals surface area (Å²) >= 11 is 6.40. The van der Waals surface area contributed by atoms with E-state index in [2.05, 4.69) is 10.2 Å². The molecular formula is C16H22ClN3O. The first-order valence-corrected chi connectivity index (χ1v) is 8.18. The Labute approximate surface area is 131 Å². The smallest absolute Gasteiger partial charge is 0.253 e. The van der Waals surface area contributed by atoms with E-state index in [-0.39, 0.29) is 5.91 Å². The van der Waals surface area contributed by atoms with Crippen molar-refractivity contribution < 1.29 is 4.79 Å². The molecule has 1 amide bonds. The molecule has 0 atom stereocenters. The van der Waals surface area contributed by atoms with Crippen LogP contribution in [0.2, 0.25) is 5.02 Å². The number of anilines is 1. The minimum absolute atomic E-state index is 0.0913. The summed E-state index contributed by atoms with van der Waals surface area (Å²) in [5.41, 5.74) is 1.76. The van der Waals surface area contributed by atoms with E-state index in [4.69, 9.17) is 11.6 Å². The summed E-state index contributed by atoms with van der Waals surface area (Å²) in [6.07, 6.45) is 3.45. The maximum Gasteiger partial charge on any atom is 0.253 e. The van der Waals surface area contributed by atoms with Gasteiger partial charge in [-0.25, -0.2) is 0 Å². The summed E-state index contributed by atoms with van der Waals surface area (Å²) < 4.78 is 0. The molecule has 0 bridgehead atoms. The molecule has 2 aliphatic heterocycles. The topological polar surface area (TPSA) is 35.6 Å². The quantitative estimate of drug-likeness (QED) is 0.911. The molecule has 1 aromatic carbocycles. The SMILES string of the molecule is O=C(c1ccc(N2CCCC2)c(Cl)c1)N1CCCNCC1. The van der Waals surface area contributed by atoms with Gasteiger partial charge in [0.25, 0.3) is 5.91 Å². The molecule has 5 heteroatoms. The summed E-state index contributed by atoms with van der Waals surface area (Å²) in [7, 11) is 0. The second kappa shape index (κ2) is 6.67. The number of halogens is 1. The van der Waals surface area contributed by atoms with Gasteiger partial charge in [0.05, 0.1) is 10.7 Å². The molecule has 2 aliphatic rings. The van der Waals surface area contributed by atoms with Crippen LogP contribution in [0.5, 0.6) is 0 Å². The average Bonchev–Trinajstić information content (AvgIpc) is 2.88. The number of nitrogens with one attached hydrogen (secondary N) is 1. The summed E-state index contributed by atoms with van der Waals surface area (Å²) in [5, 5.41) is 4.00. The molecule has 1 aromatic rings. The highest BCUT2D eigenvalue weighted by Crippen LogP contribution is 2.30. The Bertz CT molecular complexity index is 506. The molecule has 114 valence electrons. The van der Waals surface area contributed by atoms with Gasteiger partial charge in [-0.1, -0.05) is 11.6 Å². The third-order valence-electron chi connectivity index (χ3n) is 4.27. The summed E-state index contributed by atoms with van der Waals surface area (Å²) in [4.78, 5) is 16.8. The molecule has 4 nitrogen and oxygen atoms in total. The predicted molar refractivity (Wildman–Crippen MR) is 86.3 cm³/mol. The largest absolute Gasteiger partial charge is 0.370 e. The minimum atomic E-state index is 0.0913. The Morgan fingerprint density at radius 3 is 2.62 bits per heavy atom. The third kappa shape index (κ3) is 3.33. The van der Waals surface area contributed by atoms with E-state index in [1.807, 2.05) is 23.1 Å². The number of hydrogen-bond donors (Lipinski definition) is 1. The van der Waals surface area contributed by atoms with Gasteiger partial charge in [-0.2, -0.15) is 0 Å². The van der Waals surface area contributed by atoms with E-state index in [9.17, 15) is 4.79 Å². The van der Waals surface area contributed by atoms with Crippen molar-refractivity contribution in [3.63, 3.8) is 0 Å². The number of nitrogens with zero attached hydrogens (tertiary/aromatic N) is 2. The first-order valence-electron chi connectivity index (χ1n) is 7.80. The lowest BCUT2D eigenvalue weighted by Gasteiger charge is -2.22. The van der Waals surface area contributed by atoms with Gasteiger partial charge in [-0.3, -0.25) is 4.79 Å². The number of carbonyl (C=O) groups is 1. The van der Waals surface area contributed by atoms with Gasteiger partial charge in [0.2, 0.25) is 0 Å². The Morgan fingerprint density at radius 2 is 1.86 bits per heavy atom.